The second-order valence-electron chi connectivity index (χ2n) is 6.96. The molecule has 0 aliphatic heterocycles. The van der Waals surface area contributed by atoms with Crippen molar-refractivity contribution in [2.45, 2.75) is 57.0 Å². The van der Waals surface area contributed by atoms with Crippen molar-refractivity contribution in [3.63, 3.8) is 0 Å². The van der Waals surface area contributed by atoms with Crippen LogP contribution in [0, 0.1) is 16.7 Å². The fourth-order valence-electron chi connectivity index (χ4n) is 2.85. The Balaban J connectivity index is 2.10. The number of carbonyl (C=O) groups excluding carboxylic acids is 1. The fourth-order valence-corrected chi connectivity index (χ4v) is 4.78. The lowest BCUT2D eigenvalue weighted by atomic mass is 9.94. The Kier molecular flexibility index (Phi) is 5.66. The number of amides is 1. The molecule has 1 aliphatic carbocycles. The highest BCUT2D eigenvalue weighted by molar-refractivity contribution is 7.91. The molecule has 1 amide bonds. The Bertz CT molecular complexity index is 742. The summed E-state index contributed by atoms with van der Waals surface area (Å²) in [7, 11) is -3.18. The van der Waals surface area contributed by atoms with Crippen LogP contribution >= 0.6 is 0 Å². The van der Waals surface area contributed by atoms with Crippen molar-refractivity contribution in [2.75, 3.05) is 5.32 Å². The zero-order valence-corrected chi connectivity index (χ0v) is 15.0. The van der Waals surface area contributed by atoms with E-state index in [0.717, 1.165) is 32.1 Å². The van der Waals surface area contributed by atoms with E-state index < -0.39 is 21.2 Å². The number of benzene rings is 1. The molecule has 1 aromatic carbocycles. The smallest absolute Gasteiger partial charge is 0.244 e. The van der Waals surface area contributed by atoms with Crippen LogP contribution in [0.4, 0.5) is 5.69 Å². The number of anilines is 1. The van der Waals surface area contributed by atoms with E-state index in [-0.39, 0.29) is 11.0 Å². The van der Waals surface area contributed by atoms with Gasteiger partial charge in [0.1, 0.15) is 5.41 Å². The number of hydrogen-bond acceptors (Lipinski definition) is 4. The van der Waals surface area contributed by atoms with E-state index in [9.17, 15) is 13.2 Å². The zero-order chi connectivity index (χ0) is 17.8. The van der Waals surface area contributed by atoms with Crippen molar-refractivity contribution in [3.05, 3.63) is 29.8 Å². The number of nitrogens with zero attached hydrogens (tertiary/aromatic N) is 1. The third-order valence-electron chi connectivity index (χ3n) is 4.46. The normalized spacial score (nSPS) is 16.4. The largest absolute Gasteiger partial charge is 0.325 e. The van der Waals surface area contributed by atoms with Gasteiger partial charge in [0.25, 0.3) is 0 Å². The van der Waals surface area contributed by atoms with E-state index in [1.54, 1.807) is 38.1 Å². The Morgan fingerprint density at radius 1 is 1.29 bits per heavy atom. The zero-order valence-electron chi connectivity index (χ0n) is 14.2. The van der Waals surface area contributed by atoms with Crippen LogP contribution in [0.25, 0.3) is 0 Å². The monoisotopic (exact) mass is 348 g/mol. The number of sulfone groups is 1. The summed E-state index contributed by atoms with van der Waals surface area (Å²) in [5, 5.41) is 11.4. The van der Waals surface area contributed by atoms with E-state index in [1.807, 2.05) is 6.07 Å². The van der Waals surface area contributed by atoms with Crippen LogP contribution in [-0.4, -0.2) is 19.6 Å². The Morgan fingerprint density at radius 2 is 1.96 bits per heavy atom. The van der Waals surface area contributed by atoms with Gasteiger partial charge in [0, 0.05) is 5.69 Å². The number of carbonyl (C=O) groups is 1. The average molecular weight is 348 g/mol. The van der Waals surface area contributed by atoms with Gasteiger partial charge in [-0.2, -0.15) is 5.26 Å². The lowest BCUT2D eigenvalue weighted by molar-refractivity contribution is -0.121. The molecule has 5 nitrogen and oxygen atoms in total. The minimum Gasteiger partial charge on any atom is -0.325 e. The van der Waals surface area contributed by atoms with Crippen LogP contribution in [0.1, 0.15) is 51.5 Å². The van der Waals surface area contributed by atoms with E-state index in [4.69, 9.17) is 5.26 Å². The predicted octanol–water partition coefficient (Wildman–Crippen LogP) is 3.42. The molecule has 2 rings (SSSR count). The van der Waals surface area contributed by atoms with Gasteiger partial charge in [-0.05, 0) is 44.4 Å². The van der Waals surface area contributed by atoms with Gasteiger partial charge in [-0.3, -0.25) is 4.79 Å². The molecule has 1 aromatic rings. The number of rotatable bonds is 5. The van der Waals surface area contributed by atoms with Crippen molar-refractivity contribution >= 4 is 21.4 Å². The van der Waals surface area contributed by atoms with Crippen LogP contribution < -0.4 is 5.32 Å². The molecular formula is C18H24N2O3S. The average Bonchev–Trinajstić information content (AvgIpc) is 2.55. The molecule has 1 fully saturated rings. The van der Waals surface area contributed by atoms with E-state index in [2.05, 4.69) is 5.32 Å². The van der Waals surface area contributed by atoms with Crippen molar-refractivity contribution in [2.24, 2.45) is 5.41 Å². The summed E-state index contributed by atoms with van der Waals surface area (Å²) in [6.45, 7) is 3.08. The Labute approximate surface area is 144 Å². The molecule has 0 bridgehead atoms. The molecule has 0 spiro atoms. The lowest BCUT2D eigenvalue weighted by Crippen LogP contribution is -2.29. The molecule has 24 heavy (non-hydrogen) atoms. The third-order valence-corrected chi connectivity index (χ3v) is 6.68. The summed E-state index contributed by atoms with van der Waals surface area (Å²) >= 11 is 0. The number of hydrogen-bond donors (Lipinski definition) is 1. The molecule has 1 saturated carbocycles. The van der Waals surface area contributed by atoms with Gasteiger partial charge in [0.15, 0.2) is 9.84 Å². The first-order chi connectivity index (χ1) is 11.2. The maximum atomic E-state index is 12.6. The maximum absolute atomic E-state index is 12.6. The quantitative estimate of drug-likeness (QED) is 0.883. The van der Waals surface area contributed by atoms with Crippen LogP contribution in [0.15, 0.2) is 24.3 Å². The maximum Gasteiger partial charge on any atom is 0.244 e. The lowest BCUT2D eigenvalue weighted by Gasteiger charge is -2.22. The molecule has 0 unspecified atom stereocenters. The molecule has 0 atom stereocenters. The summed E-state index contributed by atoms with van der Waals surface area (Å²) in [4.78, 5) is 12.1. The molecule has 1 N–H and O–H groups in total. The van der Waals surface area contributed by atoms with Gasteiger partial charge in [-0.15, -0.1) is 0 Å². The minimum atomic E-state index is -3.18. The third kappa shape index (κ3) is 4.57. The summed E-state index contributed by atoms with van der Waals surface area (Å²) in [5.41, 5.74) is 0.0392. The Hall–Kier alpha value is -1.87. The molecule has 130 valence electrons. The molecule has 0 heterocycles. The molecular weight excluding hydrogens is 324 g/mol. The van der Waals surface area contributed by atoms with Crippen LogP contribution in [0.2, 0.25) is 0 Å². The fraction of sp³-hybridized carbons (Fsp3) is 0.556. The topological polar surface area (TPSA) is 87.0 Å². The molecule has 0 saturated heterocycles. The number of nitrogens with one attached hydrogen (secondary N) is 1. The first-order valence-corrected chi connectivity index (χ1v) is 9.99. The van der Waals surface area contributed by atoms with Crippen LogP contribution in [0.5, 0.6) is 0 Å². The SMILES string of the molecule is CC(C)(C#N)C(=O)Nc1cccc(CS(=O)(=O)C2CCCCC2)c1. The van der Waals surface area contributed by atoms with Gasteiger partial charge in [-0.1, -0.05) is 31.4 Å². The van der Waals surface area contributed by atoms with Crippen LogP contribution in [-0.2, 0) is 20.4 Å². The summed E-state index contributed by atoms with van der Waals surface area (Å²) in [6.07, 6.45) is 4.55. The molecule has 0 radical (unpaired) electrons. The standard InChI is InChI=1S/C18H24N2O3S/c1-18(2,13-19)17(21)20-15-8-6-7-14(11-15)12-24(22,23)16-9-4-3-5-10-16/h6-8,11,16H,3-5,9-10,12H2,1-2H3,(H,20,21). The van der Waals surface area contributed by atoms with Crippen molar-refractivity contribution in [3.8, 4) is 6.07 Å². The second-order valence-corrected chi connectivity index (χ2v) is 9.24. The first-order valence-electron chi connectivity index (χ1n) is 8.28. The summed E-state index contributed by atoms with van der Waals surface area (Å²) in [5.74, 6) is -0.416. The van der Waals surface area contributed by atoms with E-state index in [0.29, 0.717) is 11.3 Å². The van der Waals surface area contributed by atoms with Gasteiger partial charge < -0.3 is 5.32 Å². The van der Waals surface area contributed by atoms with E-state index >= 15 is 0 Å². The van der Waals surface area contributed by atoms with Gasteiger partial charge in [-0.25, -0.2) is 8.42 Å². The van der Waals surface area contributed by atoms with E-state index in [1.165, 1.54) is 0 Å². The summed E-state index contributed by atoms with van der Waals surface area (Å²) < 4.78 is 25.1. The van der Waals surface area contributed by atoms with Crippen molar-refractivity contribution < 1.29 is 13.2 Å². The second kappa shape index (κ2) is 7.35. The Morgan fingerprint density at radius 3 is 2.58 bits per heavy atom. The highest BCUT2D eigenvalue weighted by Crippen LogP contribution is 2.27. The molecule has 0 aromatic heterocycles. The van der Waals surface area contributed by atoms with Gasteiger partial charge in [0.05, 0.1) is 17.1 Å². The highest BCUT2D eigenvalue weighted by atomic mass is 32.2. The van der Waals surface area contributed by atoms with Crippen LogP contribution in [0.3, 0.4) is 0 Å². The van der Waals surface area contributed by atoms with Crippen molar-refractivity contribution in [1.29, 1.82) is 5.26 Å². The highest BCUT2D eigenvalue weighted by Gasteiger charge is 2.28. The van der Waals surface area contributed by atoms with Gasteiger partial charge >= 0.3 is 0 Å². The molecule has 6 heteroatoms. The van der Waals surface area contributed by atoms with Crippen molar-refractivity contribution in [1.82, 2.24) is 0 Å². The summed E-state index contributed by atoms with van der Waals surface area (Å²) in [6, 6.07) is 8.80. The minimum absolute atomic E-state index is 0.0109. The predicted molar refractivity (Wildman–Crippen MR) is 94.0 cm³/mol. The number of nitriles is 1. The van der Waals surface area contributed by atoms with Gasteiger partial charge in [0.2, 0.25) is 5.91 Å². The first kappa shape index (κ1) is 18.5. The molecule has 1 aliphatic rings.